The van der Waals surface area contributed by atoms with Crippen LogP contribution in [0.2, 0.25) is 0 Å². The van der Waals surface area contributed by atoms with Crippen LogP contribution in [-0.4, -0.2) is 36.4 Å². The number of benzene rings is 1. The molecule has 5 heteroatoms. The molecule has 0 aliphatic carbocycles. The summed E-state index contributed by atoms with van der Waals surface area (Å²) >= 11 is 0. The molecule has 0 radical (unpaired) electrons. The van der Waals surface area contributed by atoms with Crippen molar-refractivity contribution in [3.63, 3.8) is 0 Å². The van der Waals surface area contributed by atoms with Crippen LogP contribution in [0.15, 0.2) is 24.3 Å². The Bertz CT molecular complexity index is 442. The Kier molecular flexibility index (Phi) is 4.39. The maximum atomic E-state index is 11.8. The van der Waals surface area contributed by atoms with Crippen molar-refractivity contribution in [2.24, 2.45) is 0 Å². The first-order valence-electron chi connectivity index (χ1n) is 6.49. The van der Waals surface area contributed by atoms with Gasteiger partial charge < -0.3 is 20.9 Å². The van der Waals surface area contributed by atoms with Gasteiger partial charge in [0.15, 0.2) is 0 Å². The van der Waals surface area contributed by atoms with Crippen molar-refractivity contribution in [3.8, 4) is 0 Å². The highest BCUT2D eigenvalue weighted by atomic mass is 16.5. The molecule has 1 saturated heterocycles. The van der Waals surface area contributed by atoms with Gasteiger partial charge >= 0.3 is 0 Å². The summed E-state index contributed by atoms with van der Waals surface area (Å²) in [6, 6.07) is 7.25. The number of carbonyl (C=O) groups is 1. The molecule has 19 heavy (non-hydrogen) atoms. The Morgan fingerprint density at radius 1 is 1.42 bits per heavy atom. The van der Waals surface area contributed by atoms with Crippen molar-refractivity contribution in [1.82, 2.24) is 5.32 Å². The smallest absolute Gasteiger partial charge is 0.224 e. The lowest BCUT2D eigenvalue weighted by molar-refractivity contribution is -0.123. The number of amides is 1. The van der Waals surface area contributed by atoms with Crippen LogP contribution in [0.4, 0.5) is 5.69 Å². The highest BCUT2D eigenvalue weighted by molar-refractivity contribution is 5.78. The third-order valence-corrected chi connectivity index (χ3v) is 3.35. The zero-order valence-corrected chi connectivity index (χ0v) is 10.9. The number of anilines is 1. The molecule has 1 aromatic rings. The quantitative estimate of drug-likeness (QED) is 0.690. The van der Waals surface area contributed by atoms with E-state index in [0.29, 0.717) is 31.7 Å². The molecule has 104 valence electrons. The lowest BCUT2D eigenvalue weighted by Gasteiger charge is -2.32. The van der Waals surface area contributed by atoms with E-state index in [2.05, 4.69) is 5.32 Å². The molecule has 1 aliphatic heterocycles. The van der Waals surface area contributed by atoms with E-state index in [-0.39, 0.29) is 18.9 Å². The van der Waals surface area contributed by atoms with Crippen molar-refractivity contribution in [2.45, 2.75) is 24.9 Å². The predicted octanol–water partition coefficient (Wildman–Crippen LogP) is 0.469. The molecule has 2 rings (SSSR count). The molecule has 0 atom stereocenters. The zero-order valence-electron chi connectivity index (χ0n) is 10.9. The second kappa shape index (κ2) is 6.04. The molecule has 4 N–H and O–H groups in total. The Balaban J connectivity index is 1.81. The van der Waals surface area contributed by atoms with E-state index in [1.165, 1.54) is 0 Å². The summed E-state index contributed by atoms with van der Waals surface area (Å²) < 4.78 is 5.19. The van der Waals surface area contributed by atoms with Crippen LogP contribution in [0.25, 0.3) is 0 Å². The number of hydrogen-bond donors (Lipinski definition) is 3. The molecule has 1 aliphatic rings. The number of nitrogens with two attached hydrogens (primary N) is 1. The van der Waals surface area contributed by atoms with Gasteiger partial charge in [0.05, 0.1) is 12.0 Å². The van der Waals surface area contributed by atoms with Gasteiger partial charge in [0, 0.05) is 38.3 Å². The van der Waals surface area contributed by atoms with Gasteiger partial charge in [0.2, 0.25) is 5.91 Å². The standard InChI is InChI=1S/C14H20N2O3/c15-12-3-1-2-11(8-12)9-13(17)16-10-14(18)4-6-19-7-5-14/h1-3,8,18H,4-7,9-10,15H2,(H,16,17). The van der Waals surface area contributed by atoms with Gasteiger partial charge in [-0.3, -0.25) is 4.79 Å². The fraction of sp³-hybridized carbons (Fsp3) is 0.500. The minimum atomic E-state index is -0.830. The van der Waals surface area contributed by atoms with Gasteiger partial charge in [-0.05, 0) is 17.7 Å². The third-order valence-electron chi connectivity index (χ3n) is 3.35. The Labute approximate surface area is 112 Å². The first kappa shape index (κ1) is 13.8. The monoisotopic (exact) mass is 264 g/mol. The van der Waals surface area contributed by atoms with Crippen LogP contribution < -0.4 is 11.1 Å². The molecule has 1 fully saturated rings. The average molecular weight is 264 g/mol. The molecule has 0 unspecified atom stereocenters. The van der Waals surface area contributed by atoms with Gasteiger partial charge in [-0.15, -0.1) is 0 Å². The summed E-state index contributed by atoms with van der Waals surface area (Å²) in [5.74, 6) is -0.106. The molecule has 0 spiro atoms. The van der Waals surface area contributed by atoms with Crippen molar-refractivity contribution in [2.75, 3.05) is 25.5 Å². The Hall–Kier alpha value is -1.59. The Morgan fingerprint density at radius 2 is 2.16 bits per heavy atom. The minimum absolute atomic E-state index is 0.106. The minimum Gasteiger partial charge on any atom is -0.399 e. The summed E-state index contributed by atoms with van der Waals surface area (Å²) in [4.78, 5) is 11.8. The molecule has 1 aromatic carbocycles. The molecule has 1 amide bonds. The maximum absolute atomic E-state index is 11.8. The lowest BCUT2D eigenvalue weighted by Crippen LogP contribution is -2.46. The molecule has 0 aromatic heterocycles. The summed E-state index contributed by atoms with van der Waals surface area (Å²) in [6.45, 7) is 1.36. The van der Waals surface area contributed by atoms with E-state index in [1.54, 1.807) is 12.1 Å². The van der Waals surface area contributed by atoms with Gasteiger partial charge in [-0.2, -0.15) is 0 Å². The van der Waals surface area contributed by atoms with E-state index in [4.69, 9.17) is 10.5 Å². The van der Waals surface area contributed by atoms with Crippen LogP contribution in [0.1, 0.15) is 18.4 Å². The number of ether oxygens (including phenoxy) is 1. The summed E-state index contributed by atoms with van der Waals surface area (Å²) in [6.07, 6.45) is 1.40. The maximum Gasteiger partial charge on any atom is 0.224 e. The zero-order chi connectivity index (χ0) is 13.7. The van der Waals surface area contributed by atoms with E-state index < -0.39 is 5.60 Å². The molecule has 5 nitrogen and oxygen atoms in total. The second-order valence-electron chi connectivity index (χ2n) is 5.04. The van der Waals surface area contributed by atoms with E-state index in [1.807, 2.05) is 12.1 Å². The Morgan fingerprint density at radius 3 is 2.84 bits per heavy atom. The largest absolute Gasteiger partial charge is 0.399 e. The van der Waals surface area contributed by atoms with Gasteiger partial charge in [-0.25, -0.2) is 0 Å². The highest BCUT2D eigenvalue weighted by Gasteiger charge is 2.29. The van der Waals surface area contributed by atoms with Crippen molar-refractivity contribution < 1.29 is 14.6 Å². The van der Waals surface area contributed by atoms with Crippen molar-refractivity contribution in [1.29, 1.82) is 0 Å². The van der Waals surface area contributed by atoms with Crippen molar-refractivity contribution >= 4 is 11.6 Å². The van der Waals surface area contributed by atoms with Crippen LogP contribution in [0.5, 0.6) is 0 Å². The SMILES string of the molecule is Nc1cccc(CC(=O)NCC2(O)CCOCC2)c1. The van der Waals surface area contributed by atoms with Crippen LogP contribution in [0.3, 0.4) is 0 Å². The van der Waals surface area contributed by atoms with Gasteiger partial charge in [-0.1, -0.05) is 12.1 Å². The summed E-state index contributed by atoms with van der Waals surface area (Å²) in [5.41, 5.74) is 6.35. The second-order valence-corrected chi connectivity index (χ2v) is 5.04. The topological polar surface area (TPSA) is 84.6 Å². The van der Waals surface area contributed by atoms with E-state index in [9.17, 15) is 9.90 Å². The number of carbonyl (C=O) groups excluding carboxylic acids is 1. The summed E-state index contributed by atoms with van der Waals surface area (Å²) in [5, 5.41) is 13.0. The number of nitrogens with one attached hydrogen (secondary N) is 1. The molecule has 0 saturated carbocycles. The molecular formula is C14H20N2O3. The number of hydrogen-bond acceptors (Lipinski definition) is 4. The first-order chi connectivity index (χ1) is 9.07. The highest BCUT2D eigenvalue weighted by Crippen LogP contribution is 2.19. The number of rotatable bonds is 4. The van der Waals surface area contributed by atoms with Crippen LogP contribution >= 0.6 is 0 Å². The fourth-order valence-electron chi connectivity index (χ4n) is 2.14. The van der Waals surface area contributed by atoms with Gasteiger partial charge in [0.1, 0.15) is 0 Å². The van der Waals surface area contributed by atoms with Crippen molar-refractivity contribution in [3.05, 3.63) is 29.8 Å². The van der Waals surface area contributed by atoms with Gasteiger partial charge in [0.25, 0.3) is 0 Å². The van der Waals surface area contributed by atoms with Crippen LogP contribution in [0, 0.1) is 0 Å². The molecule has 1 heterocycles. The third kappa shape index (κ3) is 4.22. The predicted molar refractivity (Wildman–Crippen MR) is 72.6 cm³/mol. The lowest BCUT2D eigenvalue weighted by atomic mass is 9.94. The van der Waals surface area contributed by atoms with E-state index >= 15 is 0 Å². The molecule has 0 bridgehead atoms. The average Bonchev–Trinajstić information content (AvgIpc) is 2.38. The first-order valence-corrected chi connectivity index (χ1v) is 6.49. The molecular weight excluding hydrogens is 244 g/mol. The normalized spacial score (nSPS) is 17.9. The van der Waals surface area contributed by atoms with Crippen LogP contribution in [-0.2, 0) is 16.0 Å². The number of nitrogen functional groups attached to an aromatic ring is 1. The number of aliphatic hydroxyl groups is 1. The fourth-order valence-corrected chi connectivity index (χ4v) is 2.14. The van der Waals surface area contributed by atoms with E-state index in [0.717, 1.165) is 5.56 Å². The summed E-state index contributed by atoms with van der Waals surface area (Å²) in [7, 11) is 0.